The Balaban J connectivity index is 2.13. The summed E-state index contributed by atoms with van der Waals surface area (Å²) in [7, 11) is 1.68. The molecule has 0 aliphatic heterocycles. The number of aryl methyl sites for hydroxylation is 1. The smallest absolute Gasteiger partial charge is 0.123 e. The number of aliphatic hydroxyl groups is 1. The van der Waals surface area contributed by atoms with Crippen LogP contribution in [0.25, 0.3) is 0 Å². The molecule has 1 aliphatic carbocycles. The van der Waals surface area contributed by atoms with Crippen molar-refractivity contribution >= 4 is 0 Å². The Morgan fingerprint density at radius 1 is 1.40 bits per heavy atom. The summed E-state index contributed by atoms with van der Waals surface area (Å²) < 4.78 is 19.0. The molecule has 1 fully saturated rings. The number of hydrogen-bond donors (Lipinski definition) is 1. The predicted octanol–water partition coefficient (Wildman–Crippen LogP) is 3.63. The largest absolute Gasteiger partial charge is 0.390 e. The molecule has 3 heteroatoms. The van der Waals surface area contributed by atoms with Gasteiger partial charge in [-0.15, -0.1) is 0 Å². The quantitative estimate of drug-likeness (QED) is 0.912. The van der Waals surface area contributed by atoms with Gasteiger partial charge in [0.2, 0.25) is 0 Å². The van der Waals surface area contributed by atoms with E-state index in [2.05, 4.69) is 6.92 Å². The number of halogens is 1. The van der Waals surface area contributed by atoms with E-state index in [0.717, 1.165) is 36.8 Å². The predicted molar refractivity (Wildman–Crippen MR) is 78.2 cm³/mol. The topological polar surface area (TPSA) is 29.5 Å². The summed E-state index contributed by atoms with van der Waals surface area (Å²) in [5.41, 5.74) is 1.42. The molecule has 2 nitrogen and oxygen atoms in total. The average Bonchev–Trinajstić information content (AvgIpc) is 2.44. The first kappa shape index (κ1) is 15.5. The molecule has 20 heavy (non-hydrogen) atoms. The van der Waals surface area contributed by atoms with Crippen LogP contribution in [0, 0.1) is 18.7 Å². The van der Waals surface area contributed by atoms with E-state index < -0.39 is 11.7 Å². The lowest BCUT2D eigenvalue weighted by Gasteiger charge is -2.42. The molecule has 1 unspecified atom stereocenters. The van der Waals surface area contributed by atoms with Crippen LogP contribution in [0.2, 0.25) is 0 Å². The number of hydrogen-bond acceptors (Lipinski definition) is 2. The van der Waals surface area contributed by atoms with Gasteiger partial charge in [-0.05, 0) is 61.8 Å². The SMILES string of the molecule is COC1(C(O)Cc2cc(F)ccc2C)CCC(C)CC1. The van der Waals surface area contributed by atoms with Crippen LogP contribution in [-0.4, -0.2) is 23.9 Å². The number of benzene rings is 1. The van der Waals surface area contributed by atoms with E-state index >= 15 is 0 Å². The zero-order chi connectivity index (χ0) is 14.8. The van der Waals surface area contributed by atoms with Crippen molar-refractivity contribution in [1.82, 2.24) is 0 Å². The molecule has 1 saturated carbocycles. The fourth-order valence-corrected chi connectivity index (χ4v) is 3.18. The van der Waals surface area contributed by atoms with Gasteiger partial charge >= 0.3 is 0 Å². The molecule has 0 radical (unpaired) electrons. The first-order valence-corrected chi connectivity index (χ1v) is 7.45. The van der Waals surface area contributed by atoms with Crippen molar-refractivity contribution in [2.45, 2.75) is 57.7 Å². The summed E-state index contributed by atoms with van der Waals surface area (Å²) in [4.78, 5) is 0. The maximum Gasteiger partial charge on any atom is 0.123 e. The van der Waals surface area contributed by atoms with E-state index in [-0.39, 0.29) is 5.82 Å². The number of rotatable bonds is 4. The minimum Gasteiger partial charge on any atom is -0.390 e. The van der Waals surface area contributed by atoms with Crippen LogP contribution in [0.15, 0.2) is 18.2 Å². The highest BCUT2D eigenvalue weighted by Gasteiger charge is 2.40. The first-order chi connectivity index (χ1) is 9.47. The lowest BCUT2D eigenvalue weighted by molar-refractivity contribution is -0.127. The monoisotopic (exact) mass is 280 g/mol. The molecule has 2 rings (SSSR count). The highest BCUT2D eigenvalue weighted by molar-refractivity contribution is 5.27. The third-order valence-corrected chi connectivity index (χ3v) is 4.86. The Morgan fingerprint density at radius 3 is 2.65 bits per heavy atom. The Hall–Kier alpha value is -0.930. The zero-order valence-electron chi connectivity index (χ0n) is 12.7. The fraction of sp³-hybridized carbons (Fsp3) is 0.647. The second kappa shape index (κ2) is 6.23. The highest BCUT2D eigenvalue weighted by Crippen LogP contribution is 2.38. The number of ether oxygens (including phenoxy) is 1. The summed E-state index contributed by atoms with van der Waals surface area (Å²) in [6.07, 6.45) is 3.77. The van der Waals surface area contributed by atoms with E-state index in [1.54, 1.807) is 13.2 Å². The van der Waals surface area contributed by atoms with Gasteiger partial charge < -0.3 is 9.84 Å². The molecule has 1 N–H and O–H groups in total. The number of aliphatic hydroxyl groups excluding tert-OH is 1. The minimum absolute atomic E-state index is 0.249. The number of methoxy groups -OCH3 is 1. The van der Waals surface area contributed by atoms with Gasteiger partial charge in [0.25, 0.3) is 0 Å². The summed E-state index contributed by atoms with van der Waals surface area (Å²) in [6, 6.07) is 4.74. The Kier molecular flexibility index (Phi) is 4.82. The minimum atomic E-state index is -0.583. The van der Waals surface area contributed by atoms with Crippen LogP contribution < -0.4 is 0 Å². The third-order valence-electron chi connectivity index (χ3n) is 4.86. The van der Waals surface area contributed by atoms with E-state index in [1.807, 2.05) is 6.92 Å². The van der Waals surface area contributed by atoms with Crippen molar-refractivity contribution in [2.24, 2.45) is 5.92 Å². The fourth-order valence-electron chi connectivity index (χ4n) is 3.18. The van der Waals surface area contributed by atoms with Gasteiger partial charge in [-0.3, -0.25) is 0 Å². The van der Waals surface area contributed by atoms with E-state index in [4.69, 9.17) is 4.74 Å². The Labute approximate surface area is 121 Å². The molecule has 112 valence electrons. The lowest BCUT2D eigenvalue weighted by Crippen LogP contribution is -2.48. The van der Waals surface area contributed by atoms with E-state index in [0.29, 0.717) is 12.3 Å². The van der Waals surface area contributed by atoms with Crippen LogP contribution >= 0.6 is 0 Å². The summed E-state index contributed by atoms with van der Waals surface area (Å²) >= 11 is 0. The molecule has 1 aromatic carbocycles. The zero-order valence-corrected chi connectivity index (χ0v) is 12.7. The second-order valence-corrected chi connectivity index (χ2v) is 6.24. The molecule has 1 aliphatic rings. The Morgan fingerprint density at radius 2 is 2.05 bits per heavy atom. The van der Waals surface area contributed by atoms with Crippen molar-refractivity contribution in [2.75, 3.05) is 7.11 Å². The van der Waals surface area contributed by atoms with Crippen molar-refractivity contribution in [3.63, 3.8) is 0 Å². The Bertz CT molecular complexity index is 450. The molecular weight excluding hydrogens is 255 g/mol. The molecule has 1 atom stereocenters. The first-order valence-electron chi connectivity index (χ1n) is 7.45. The van der Waals surface area contributed by atoms with E-state index in [1.165, 1.54) is 12.1 Å². The van der Waals surface area contributed by atoms with Crippen molar-refractivity contribution in [3.05, 3.63) is 35.1 Å². The molecule has 0 bridgehead atoms. The van der Waals surface area contributed by atoms with Gasteiger partial charge in [0.05, 0.1) is 11.7 Å². The highest BCUT2D eigenvalue weighted by atomic mass is 19.1. The third kappa shape index (κ3) is 3.21. The van der Waals surface area contributed by atoms with Crippen LogP contribution in [-0.2, 0) is 11.2 Å². The van der Waals surface area contributed by atoms with Crippen LogP contribution in [0.3, 0.4) is 0 Å². The normalized spacial score (nSPS) is 28.4. The van der Waals surface area contributed by atoms with E-state index in [9.17, 15) is 9.50 Å². The summed E-state index contributed by atoms with van der Waals surface area (Å²) in [5.74, 6) is 0.447. The summed E-state index contributed by atoms with van der Waals surface area (Å²) in [6.45, 7) is 4.19. The second-order valence-electron chi connectivity index (χ2n) is 6.24. The molecule has 0 saturated heterocycles. The average molecular weight is 280 g/mol. The molecule has 0 spiro atoms. The van der Waals surface area contributed by atoms with Crippen molar-refractivity contribution < 1.29 is 14.2 Å². The maximum atomic E-state index is 13.4. The van der Waals surface area contributed by atoms with Crippen LogP contribution in [0.1, 0.15) is 43.7 Å². The van der Waals surface area contributed by atoms with Crippen molar-refractivity contribution in [3.8, 4) is 0 Å². The maximum absolute atomic E-state index is 13.4. The van der Waals surface area contributed by atoms with Gasteiger partial charge in [-0.1, -0.05) is 13.0 Å². The van der Waals surface area contributed by atoms with Crippen molar-refractivity contribution in [1.29, 1.82) is 0 Å². The summed E-state index contributed by atoms with van der Waals surface area (Å²) in [5, 5.41) is 10.6. The lowest BCUT2D eigenvalue weighted by atomic mass is 9.75. The van der Waals surface area contributed by atoms with Gasteiger partial charge in [-0.2, -0.15) is 0 Å². The molecule has 0 heterocycles. The van der Waals surface area contributed by atoms with Crippen LogP contribution in [0.4, 0.5) is 4.39 Å². The molecule has 0 aromatic heterocycles. The van der Waals surface area contributed by atoms with Gasteiger partial charge in [0.1, 0.15) is 5.82 Å². The molecule has 1 aromatic rings. The van der Waals surface area contributed by atoms with Gasteiger partial charge in [0.15, 0.2) is 0 Å². The molecule has 0 amide bonds. The van der Waals surface area contributed by atoms with Gasteiger partial charge in [0, 0.05) is 13.5 Å². The molecular formula is C17H25FO2. The van der Waals surface area contributed by atoms with Crippen LogP contribution in [0.5, 0.6) is 0 Å². The van der Waals surface area contributed by atoms with Gasteiger partial charge in [-0.25, -0.2) is 4.39 Å². The standard InChI is InChI=1S/C17H25FO2/c1-12-6-8-17(20-3,9-7-12)16(19)11-14-10-15(18)5-4-13(14)2/h4-5,10,12,16,19H,6-9,11H2,1-3H3.